The number of nitrogens with zero attached hydrogens (tertiary/aromatic N) is 1. The van der Waals surface area contributed by atoms with E-state index in [0.29, 0.717) is 0 Å². The van der Waals surface area contributed by atoms with Crippen molar-refractivity contribution in [2.75, 3.05) is 5.32 Å². The summed E-state index contributed by atoms with van der Waals surface area (Å²) >= 11 is 0. The van der Waals surface area contributed by atoms with Crippen LogP contribution < -0.4 is 11.1 Å². The van der Waals surface area contributed by atoms with Crippen LogP contribution in [0.3, 0.4) is 0 Å². The van der Waals surface area contributed by atoms with E-state index in [1.165, 1.54) is 13.8 Å². The van der Waals surface area contributed by atoms with Gasteiger partial charge in [-0.25, -0.2) is 0 Å². The minimum Gasteiger partial charge on any atom is -0.409 e. The van der Waals surface area contributed by atoms with Crippen molar-refractivity contribution in [3.63, 3.8) is 0 Å². The molecule has 20 heavy (non-hydrogen) atoms. The van der Waals surface area contributed by atoms with E-state index in [0.717, 1.165) is 24.3 Å². The number of amidine groups is 1. The van der Waals surface area contributed by atoms with Gasteiger partial charge in [0.25, 0.3) is 0 Å². The van der Waals surface area contributed by atoms with Gasteiger partial charge in [-0.15, -0.1) is 0 Å². The molecule has 1 aromatic carbocycles. The molecule has 0 aromatic heterocycles. The Morgan fingerprint density at radius 3 is 2.15 bits per heavy atom. The first kappa shape index (κ1) is 15.8. The van der Waals surface area contributed by atoms with Crippen molar-refractivity contribution in [2.24, 2.45) is 16.3 Å². The molecule has 0 spiro atoms. The quantitative estimate of drug-likeness (QED) is 0.345. The first-order chi connectivity index (χ1) is 9.09. The molecule has 0 aliphatic heterocycles. The van der Waals surface area contributed by atoms with E-state index in [-0.39, 0.29) is 11.5 Å². The summed E-state index contributed by atoms with van der Waals surface area (Å²) < 4.78 is 37.1. The van der Waals surface area contributed by atoms with Crippen LogP contribution in [0.25, 0.3) is 0 Å². The van der Waals surface area contributed by atoms with E-state index in [4.69, 9.17) is 10.9 Å². The van der Waals surface area contributed by atoms with Crippen LogP contribution in [0.5, 0.6) is 0 Å². The molecular formula is C12H14F3N3O2. The molecule has 0 aliphatic carbocycles. The summed E-state index contributed by atoms with van der Waals surface area (Å²) in [5, 5.41) is 13.7. The highest BCUT2D eigenvalue weighted by molar-refractivity contribution is 6.11. The Balaban J connectivity index is 2.87. The lowest BCUT2D eigenvalue weighted by atomic mass is 9.91. The third kappa shape index (κ3) is 3.40. The molecule has 0 saturated heterocycles. The number of alkyl halides is 3. The zero-order chi connectivity index (χ0) is 15.6. The number of hydrogen-bond acceptors (Lipinski definition) is 3. The maximum Gasteiger partial charge on any atom is 0.416 e. The molecule has 5 nitrogen and oxygen atoms in total. The van der Waals surface area contributed by atoms with Gasteiger partial charge in [0, 0.05) is 5.69 Å². The number of rotatable bonds is 3. The zero-order valence-electron chi connectivity index (χ0n) is 10.8. The predicted octanol–water partition coefficient (Wildman–Crippen LogP) is 2.42. The number of nitrogens with one attached hydrogen (secondary N) is 1. The molecule has 0 radical (unpaired) electrons. The number of carbonyl (C=O) groups excluding carboxylic acids is 1. The lowest BCUT2D eigenvalue weighted by molar-refractivity contribution is -0.137. The Kier molecular flexibility index (Phi) is 4.26. The van der Waals surface area contributed by atoms with E-state index in [1.807, 2.05) is 0 Å². The Morgan fingerprint density at radius 1 is 1.25 bits per heavy atom. The van der Waals surface area contributed by atoms with Crippen LogP contribution in [0.15, 0.2) is 29.4 Å². The monoisotopic (exact) mass is 289 g/mol. The molecule has 110 valence electrons. The first-order valence-corrected chi connectivity index (χ1v) is 5.55. The van der Waals surface area contributed by atoms with Gasteiger partial charge < -0.3 is 16.3 Å². The maximum atomic E-state index is 12.4. The summed E-state index contributed by atoms with van der Waals surface area (Å²) in [7, 11) is 0. The molecule has 0 unspecified atom stereocenters. The average molecular weight is 289 g/mol. The van der Waals surface area contributed by atoms with Crippen molar-refractivity contribution < 1.29 is 23.2 Å². The van der Waals surface area contributed by atoms with E-state index in [9.17, 15) is 18.0 Å². The molecule has 4 N–H and O–H groups in total. The molecule has 0 bridgehead atoms. The van der Waals surface area contributed by atoms with Crippen molar-refractivity contribution in [2.45, 2.75) is 20.0 Å². The number of nitrogens with two attached hydrogens (primary N) is 1. The van der Waals surface area contributed by atoms with Gasteiger partial charge >= 0.3 is 6.18 Å². The van der Waals surface area contributed by atoms with Crippen molar-refractivity contribution in [3.05, 3.63) is 29.8 Å². The number of carbonyl (C=O) groups is 1. The third-order valence-electron chi connectivity index (χ3n) is 2.79. The van der Waals surface area contributed by atoms with Gasteiger partial charge in [0.15, 0.2) is 5.84 Å². The van der Waals surface area contributed by atoms with Gasteiger partial charge in [-0.3, -0.25) is 4.79 Å². The van der Waals surface area contributed by atoms with Crippen LogP contribution in [0.2, 0.25) is 0 Å². The summed E-state index contributed by atoms with van der Waals surface area (Å²) in [5.41, 5.74) is 3.45. The second kappa shape index (κ2) is 5.40. The number of benzene rings is 1. The Hall–Kier alpha value is -2.25. The fraction of sp³-hybridized carbons (Fsp3) is 0.333. The summed E-state index contributed by atoms with van der Waals surface area (Å²) in [6.07, 6.45) is -4.43. The number of halogens is 3. The van der Waals surface area contributed by atoms with Crippen LogP contribution in [0.4, 0.5) is 18.9 Å². The number of hydrogen-bond donors (Lipinski definition) is 3. The van der Waals surface area contributed by atoms with Crippen molar-refractivity contribution in [1.29, 1.82) is 0 Å². The minimum atomic E-state index is -4.43. The van der Waals surface area contributed by atoms with Gasteiger partial charge in [-0.05, 0) is 38.1 Å². The smallest absolute Gasteiger partial charge is 0.409 e. The minimum absolute atomic E-state index is 0.182. The molecule has 8 heteroatoms. The van der Waals surface area contributed by atoms with Crippen LogP contribution >= 0.6 is 0 Å². The molecule has 1 rings (SSSR count). The van der Waals surface area contributed by atoms with Crippen molar-refractivity contribution in [3.8, 4) is 0 Å². The van der Waals surface area contributed by atoms with Gasteiger partial charge in [0.2, 0.25) is 5.91 Å². The largest absolute Gasteiger partial charge is 0.416 e. The van der Waals surface area contributed by atoms with E-state index >= 15 is 0 Å². The van der Waals surface area contributed by atoms with Crippen LogP contribution in [0.1, 0.15) is 19.4 Å². The molecule has 1 aromatic rings. The van der Waals surface area contributed by atoms with E-state index < -0.39 is 23.1 Å². The molecule has 0 heterocycles. The zero-order valence-corrected chi connectivity index (χ0v) is 10.8. The average Bonchev–Trinajstić information content (AvgIpc) is 2.37. The van der Waals surface area contributed by atoms with Gasteiger partial charge in [-0.2, -0.15) is 13.2 Å². The highest BCUT2D eigenvalue weighted by Crippen LogP contribution is 2.30. The first-order valence-electron chi connectivity index (χ1n) is 5.55. The molecule has 0 saturated carbocycles. The van der Waals surface area contributed by atoms with Gasteiger partial charge in [0.1, 0.15) is 5.41 Å². The predicted molar refractivity (Wildman–Crippen MR) is 67.3 cm³/mol. The SMILES string of the molecule is CC(C)(C(=O)Nc1ccc(C(F)(F)F)cc1)C(N)=NO. The number of oxime groups is 1. The van der Waals surface area contributed by atoms with E-state index in [2.05, 4.69) is 10.5 Å². The molecule has 0 fully saturated rings. The summed E-state index contributed by atoms with van der Waals surface area (Å²) in [4.78, 5) is 11.9. The Labute approximate surface area is 113 Å². The fourth-order valence-electron chi connectivity index (χ4n) is 1.27. The molecular weight excluding hydrogens is 275 g/mol. The Morgan fingerprint density at radius 2 is 1.75 bits per heavy atom. The fourth-order valence-corrected chi connectivity index (χ4v) is 1.27. The number of amides is 1. The van der Waals surface area contributed by atoms with Gasteiger partial charge in [-0.1, -0.05) is 5.16 Å². The maximum absolute atomic E-state index is 12.4. The van der Waals surface area contributed by atoms with E-state index in [1.54, 1.807) is 0 Å². The number of anilines is 1. The lowest BCUT2D eigenvalue weighted by Gasteiger charge is -2.21. The standard InChI is InChI=1S/C12H14F3N3O2/c1-11(2,9(16)18-20)10(19)17-8-5-3-7(4-6-8)12(13,14)15/h3-6,20H,1-2H3,(H2,16,18)(H,17,19). The summed E-state index contributed by atoms with van der Waals surface area (Å²) in [5.74, 6) is -0.908. The lowest BCUT2D eigenvalue weighted by Crippen LogP contribution is -2.42. The van der Waals surface area contributed by atoms with Crippen LogP contribution in [0, 0.1) is 5.41 Å². The third-order valence-corrected chi connectivity index (χ3v) is 2.79. The summed E-state index contributed by atoms with van der Waals surface area (Å²) in [6, 6.07) is 3.96. The highest BCUT2D eigenvalue weighted by atomic mass is 19.4. The second-order valence-electron chi connectivity index (χ2n) is 4.64. The summed E-state index contributed by atoms with van der Waals surface area (Å²) in [6.45, 7) is 2.84. The normalized spacial score (nSPS) is 13.2. The van der Waals surface area contributed by atoms with Crippen LogP contribution in [-0.4, -0.2) is 17.0 Å². The molecule has 0 atom stereocenters. The highest BCUT2D eigenvalue weighted by Gasteiger charge is 2.33. The van der Waals surface area contributed by atoms with Crippen molar-refractivity contribution >= 4 is 17.4 Å². The Bertz CT molecular complexity index is 522. The molecule has 1 amide bonds. The van der Waals surface area contributed by atoms with Crippen LogP contribution in [-0.2, 0) is 11.0 Å². The van der Waals surface area contributed by atoms with Crippen molar-refractivity contribution in [1.82, 2.24) is 0 Å². The van der Waals surface area contributed by atoms with Gasteiger partial charge in [0.05, 0.1) is 5.56 Å². The topological polar surface area (TPSA) is 87.7 Å². The second-order valence-corrected chi connectivity index (χ2v) is 4.64. The molecule has 0 aliphatic rings.